The molecule has 4 heterocycles. The van der Waals surface area contributed by atoms with Gasteiger partial charge in [0.15, 0.2) is 0 Å². The molecule has 5 rings (SSSR count). The van der Waals surface area contributed by atoms with Crippen molar-refractivity contribution in [1.82, 2.24) is 4.90 Å². The van der Waals surface area contributed by atoms with Gasteiger partial charge in [-0.3, -0.25) is 0 Å². The Bertz CT molecular complexity index is 763. The molecule has 0 N–H and O–H groups in total. The number of thiocarbonyl (C=S) groups is 1. The highest BCUT2D eigenvalue weighted by Crippen LogP contribution is 2.52. The number of thiophene rings is 1. The zero-order valence-corrected chi connectivity index (χ0v) is 13.0. The molecule has 0 saturated carbocycles. The quantitative estimate of drug-likeness (QED) is 0.733. The predicted molar refractivity (Wildman–Crippen MR) is 91.7 cm³/mol. The summed E-state index contributed by atoms with van der Waals surface area (Å²) < 4.78 is 0. The lowest BCUT2D eigenvalue weighted by molar-refractivity contribution is 0.392. The van der Waals surface area contributed by atoms with Crippen LogP contribution >= 0.6 is 23.6 Å². The van der Waals surface area contributed by atoms with Gasteiger partial charge in [0.25, 0.3) is 0 Å². The van der Waals surface area contributed by atoms with Gasteiger partial charge in [-0.15, -0.1) is 11.3 Å². The van der Waals surface area contributed by atoms with Gasteiger partial charge >= 0.3 is 0 Å². The van der Waals surface area contributed by atoms with Crippen molar-refractivity contribution in [2.45, 2.75) is 18.5 Å². The van der Waals surface area contributed by atoms with E-state index >= 15 is 0 Å². The topological polar surface area (TPSA) is 6.48 Å². The number of nitrogens with zero attached hydrogens (tertiary/aromatic N) is 2. The van der Waals surface area contributed by atoms with Gasteiger partial charge in [0.05, 0.1) is 10.6 Å². The van der Waals surface area contributed by atoms with Crippen molar-refractivity contribution < 1.29 is 0 Å². The van der Waals surface area contributed by atoms with Crippen LogP contribution in [0.2, 0.25) is 0 Å². The first-order chi connectivity index (χ1) is 10.3. The lowest BCUT2D eigenvalue weighted by Crippen LogP contribution is -2.48. The van der Waals surface area contributed by atoms with Crippen molar-refractivity contribution in [2.75, 3.05) is 11.4 Å². The number of hydrogen-bond acceptors (Lipinski definition) is 3. The van der Waals surface area contributed by atoms with Gasteiger partial charge in [-0.1, -0.05) is 36.5 Å². The van der Waals surface area contributed by atoms with Crippen LogP contribution in [0.3, 0.4) is 0 Å². The number of anilines is 1. The minimum Gasteiger partial charge on any atom is -0.341 e. The van der Waals surface area contributed by atoms with Crippen LogP contribution in [0.15, 0.2) is 47.9 Å². The first-order valence-corrected chi connectivity index (χ1v) is 8.58. The summed E-state index contributed by atoms with van der Waals surface area (Å²) in [6, 6.07) is 13.2. The molecule has 0 aliphatic carbocycles. The fourth-order valence-corrected chi connectivity index (χ4v) is 5.02. The van der Waals surface area contributed by atoms with Crippen molar-refractivity contribution in [3.05, 3.63) is 58.3 Å². The second kappa shape index (κ2) is 4.18. The van der Waals surface area contributed by atoms with Crippen molar-refractivity contribution >= 4 is 39.9 Å². The van der Waals surface area contributed by atoms with Gasteiger partial charge in [0, 0.05) is 18.2 Å². The summed E-state index contributed by atoms with van der Waals surface area (Å²) in [5, 5.41) is 2.14. The number of para-hydroxylation sites is 1. The van der Waals surface area contributed by atoms with E-state index in [-0.39, 0.29) is 0 Å². The lowest BCUT2D eigenvalue weighted by atomic mass is 9.99. The fourth-order valence-electron chi connectivity index (χ4n) is 3.97. The first kappa shape index (κ1) is 12.0. The van der Waals surface area contributed by atoms with E-state index in [2.05, 4.69) is 57.7 Å². The molecule has 3 aliphatic rings. The summed E-state index contributed by atoms with van der Waals surface area (Å²) in [6.45, 7) is 1.08. The third-order valence-electron chi connectivity index (χ3n) is 4.80. The van der Waals surface area contributed by atoms with E-state index in [4.69, 9.17) is 12.2 Å². The first-order valence-electron chi connectivity index (χ1n) is 7.29. The Balaban J connectivity index is 1.76. The minimum atomic E-state index is 0.386. The molecule has 1 saturated heterocycles. The van der Waals surface area contributed by atoms with Crippen LogP contribution in [0.1, 0.15) is 22.8 Å². The molecule has 0 unspecified atom stereocenters. The lowest BCUT2D eigenvalue weighted by Gasteiger charge is -2.40. The summed E-state index contributed by atoms with van der Waals surface area (Å²) in [5.41, 5.74) is 4.12. The van der Waals surface area contributed by atoms with Crippen LogP contribution in [0.4, 0.5) is 5.69 Å². The van der Waals surface area contributed by atoms with Crippen molar-refractivity contribution in [1.29, 1.82) is 0 Å². The Morgan fingerprint density at radius 1 is 1.14 bits per heavy atom. The standard InChI is InChI=1S/C17H14N2S2/c20-16-10-14(15-6-3-9-21-15)19-13-5-2-1-4-11(13)12-7-8-18(16)17(12)19/h1-6,9-10,12,17H,7-8H2/t12-,17+/m0/s1. The minimum absolute atomic E-state index is 0.386. The van der Waals surface area contributed by atoms with Crippen LogP contribution in [0, 0.1) is 0 Å². The largest absolute Gasteiger partial charge is 0.341 e. The Morgan fingerprint density at radius 3 is 2.90 bits per heavy atom. The predicted octanol–water partition coefficient (Wildman–Crippen LogP) is 4.07. The molecule has 2 nitrogen and oxygen atoms in total. The summed E-state index contributed by atoms with van der Waals surface area (Å²) in [5.74, 6) is 0.586. The van der Waals surface area contributed by atoms with Crippen LogP contribution in [0.5, 0.6) is 0 Å². The zero-order chi connectivity index (χ0) is 14.0. The Labute approximate surface area is 133 Å². The van der Waals surface area contributed by atoms with Crippen molar-refractivity contribution in [2.24, 2.45) is 0 Å². The zero-order valence-electron chi connectivity index (χ0n) is 11.4. The number of benzene rings is 1. The summed E-state index contributed by atoms with van der Waals surface area (Å²) in [7, 11) is 0. The summed E-state index contributed by atoms with van der Waals surface area (Å²) in [4.78, 5) is 7.21. The highest BCUT2D eigenvalue weighted by atomic mass is 32.1. The molecule has 4 heteroatoms. The van der Waals surface area contributed by atoms with Crippen LogP contribution in [-0.4, -0.2) is 22.6 Å². The number of hydrogen-bond donors (Lipinski definition) is 0. The van der Waals surface area contributed by atoms with E-state index in [0.717, 1.165) is 11.5 Å². The van der Waals surface area contributed by atoms with Gasteiger partial charge in [0.1, 0.15) is 11.2 Å². The molecule has 1 aromatic heterocycles. The van der Waals surface area contributed by atoms with Gasteiger partial charge in [-0.25, -0.2) is 0 Å². The monoisotopic (exact) mass is 310 g/mol. The molecule has 3 aliphatic heterocycles. The molecular formula is C17H14N2S2. The molecule has 0 radical (unpaired) electrons. The van der Waals surface area contributed by atoms with Crippen LogP contribution in [0.25, 0.3) is 5.70 Å². The summed E-state index contributed by atoms with van der Waals surface area (Å²) >= 11 is 7.46. The van der Waals surface area contributed by atoms with E-state index in [1.165, 1.54) is 28.2 Å². The fraction of sp³-hybridized carbons (Fsp3) is 0.235. The van der Waals surface area contributed by atoms with Gasteiger partial charge in [-0.05, 0) is 35.6 Å². The highest BCUT2D eigenvalue weighted by molar-refractivity contribution is 7.80. The SMILES string of the molecule is S=C1C=C(c2cccs2)N2c3ccccc3[C@@H]3CCN1[C@@H]32. The normalized spacial score (nSPS) is 25.9. The molecule has 1 aromatic carbocycles. The van der Waals surface area contributed by atoms with Gasteiger partial charge in [0.2, 0.25) is 0 Å². The molecule has 21 heavy (non-hydrogen) atoms. The molecule has 0 bridgehead atoms. The van der Waals surface area contributed by atoms with Crippen LogP contribution in [-0.2, 0) is 0 Å². The average molecular weight is 310 g/mol. The Morgan fingerprint density at radius 2 is 2.05 bits per heavy atom. The van der Waals surface area contributed by atoms with Gasteiger partial charge < -0.3 is 9.80 Å². The van der Waals surface area contributed by atoms with E-state index in [1.54, 1.807) is 11.3 Å². The maximum absolute atomic E-state index is 5.67. The number of fused-ring (bicyclic) bond motifs is 3. The van der Waals surface area contributed by atoms with Crippen molar-refractivity contribution in [3.8, 4) is 0 Å². The van der Waals surface area contributed by atoms with E-state index in [0.29, 0.717) is 12.1 Å². The third-order valence-corrected chi connectivity index (χ3v) is 6.04. The maximum Gasteiger partial charge on any atom is 0.114 e. The van der Waals surface area contributed by atoms with Gasteiger partial charge in [-0.2, -0.15) is 0 Å². The number of rotatable bonds is 1. The van der Waals surface area contributed by atoms with E-state index in [1.807, 2.05) is 0 Å². The average Bonchev–Trinajstić information content (AvgIpc) is 3.22. The second-order valence-corrected chi connectivity index (χ2v) is 7.14. The molecule has 104 valence electrons. The molecule has 0 amide bonds. The smallest absolute Gasteiger partial charge is 0.114 e. The van der Waals surface area contributed by atoms with Crippen molar-refractivity contribution in [3.63, 3.8) is 0 Å². The maximum atomic E-state index is 5.67. The molecule has 0 spiro atoms. The summed E-state index contributed by atoms with van der Waals surface area (Å²) in [6.07, 6.45) is 3.77. The second-order valence-electron chi connectivity index (χ2n) is 5.78. The van der Waals surface area contributed by atoms with Crippen LogP contribution < -0.4 is 4.90 Å². The molecule has 2 aromatic rings. The van der Waals surface area contributed by atoms with E-state index < -0.39 is 0 Å². The molecule has 2 atom stereocenters. The highest BCUT2D eigenvalue weighted by Gasteiger charge is 2.49. The third kappa shape index (κ3) is 1.49. The molecule has 1 fully saturated rings. The molecular weight excluding hydrogens is 296 g/mol. The Kier molecular flexibility index (Phi) is 2.38. The Hall–Kier alpha value is -1.65. The van der Waals surface area contributed by atoms with E-state index in [9.17, 15) is 0 Å².